The van der Waals surface area contributed by atoms with E-state index in [1.165, 1.54) is 0 Å². The Balaban J connectivity index is 1.60. The molecule has 146 valence electrons. The maximum absolute atomic E-state index is 12.4. The SMILES string of the molecule is COCc1ccc(C(=O)NCc2ccc(Oc3ccccc3C#N)cc2)c(N)n1. The first kappa shape index (κ1) is 19.9. The van der Waals surface area contributed by atoms with E-state index < -0.39 is 0 Å². The van der Waals surface area contributed by atoms with Gasteiger partial charge in [0.2, 0.25) is 0 Å². The lowest BCUT2D eigenvalue weighted by atomic mass is 10.2. The summed E-state index contributed by atoms with van der Waals surface area (Å²) >= 11 is 0. The molecule has 0 aliphatic carbocycles. The van der Waals surface area contributed by atoms with Crippen LogP contribution in [0.1, 0.15) is 27.2 Å². The monoisotopic (exact) mass is 388 g/mol. The second-order valence-electron chi connectivity index (χ2n) is 6.21. The van der Waals surface area contributed by atoms with Gasteiger partial charge in [-0.3, -0.25) is 4.79 Å². The highest BCUT2D eigenvalue weighted by atomic mass is 16.5. The van der Waals surface area contributed by atoms with E-state index in [9.17, 15) is 4.79 Å². The minimum absolute atomic E-state index is 0.164. The van der Waals surface area contributed by atoms with Gasteiger partial charge < -0.3 is 20.5 Å². The second-order valence-corrected chi connectivity index (χ2v) is 6.21. The number of nitrogen functional groups attached to an aromatic ring is 1. The van der Waals surface area contributed by atoms with Gasteiger partial charge in [-0.25, -0.2) is 4.98 Å². The number of nitrogens with one attached hydrogen (secondary N) is 1. The number of nitrogens with two attached hydrogens (primary N) is 1. The van der Waals surface area contributed by atoms with Crippen molar-refractivity contribution in [3.63, 3.8) is 0 Å². The third-order valence-electron chi connectivity index (χ3n) is 4.13. The first-order valence-corrected chi connectivity index (χ1v) is 8.89. The van der Waals surface area contributed by atoms with Crippen LogP contribution in [-0.2, 0) is 17.9 Å². The topological polar surface area (TPSA) is 110 Å². The van der Waals surface area contributed by atoms with Crippen molar-refractivity contribution in [3.05, 3.63) is 83.0 Å². The third-order valence-corrected chi connectivity index (χ3v) is 4.13. The normalized spacial score (nSPS) is 10.2. The number of methoxy groups -OCH3 is 1. The van der Waals surface area contributed by atoms with Crippen molar-refractivity contribution in [2.24, 2.45) is 0 Å². The molecular formula is C22H20N4O3. The van der Waals surface area contributed by atoms with Gasteiger partial charge in [-0.05, 0) is 42.0 Å². The largest absolute Gasteiger partial charge is 0.456 e. The van der Waals surface area contributed by atoms with Crippen molar-refractivity contribution in [2.75, 3.05) is 12.8 Å². The molecule has 0 bridgehead atoms. The molecule has 3 N–H and O–H groups in total. The molecule has 3 aromatic rings. The molecule has 0 fully saturated rings. The Labute approximate surface area is 168 Å². The van der Waals surface area contributed by atoms with Gasteiger partial charge >= 0.3 is 0 Å². The molecule has 3 rings (SSSR count). The van der Waals surface area contributed by atoms with Crippen LogP contribution in [0.4, 0.5) is 5.82 Å². The molecule has 0 saturated carbocycles. The molecule has 1 heterocycles. The van der Waals surface area contributed by atoms with Crippen LogP contribution in [0.5, 0.6) is 11.5 Å². The summed E-state index contributed by atoms with van der Waals surface area (Å²) in [5, 5.41) is 11.9. The molecule has 0 aliphatic heterocycles. The van der Waals surface area contributed by atoms with Gasteiger partial charge in [-0.15, -0.1) is 0 Å². The summed E-state index contributed by atoms with van der Waals surface area (Å²) in [5.41, 5.74) is 8.21. The molecule has 1 aromatic heterocycles. The van der Waals surface area contributed by atoms with Crippen LogP contribution in [0.25, 0.3) is 0 Å². The number of ether oxygens (including phenoxy) is 2. The Morgan fingerprint density at radius 2 is 1.90 bits per heavy atom. The van der Waals surface area contributed by atoms with E-state index in [1.807, 2.05) is 18.2 Å². The molecule has 1 amide bonds. The zero-order valence-electron chi connectivity index (χ0n) is 15.9. The van der Waals surface area contributed by atoms with Gasteiger partial charge in [-0.2, -0.15) is 5.26 Å². The molecule has 0 spiro atoms. The molecule has 7 nitrogen and oxygen atoms in total. The number of carbonyl (C=O) groups excluding carboxylic acids is 1. The fourth-order valence-electron chi connectivity index (χ4n) is 2.67. The number of para-hydroxylation sites is 1. The predicted octanol–water partition coefficient (Wildman–Crippen LogP) is 3.40. The summed E-state index contributed by atoms with van der Waals surface area (Å²) in [7, 11) is 1.57. The average molecular weight is 388 g/mol. The average Bonchev–Trinajstić information content (AvgIpc) is 2.74. The molecule has 0 aliphatic rings. The Kier molecular flexibility index (Phi) is 6.40. The van der Waals surface area contributed by atoms with Crippen molar-refractivity contribution in [1.29, 1.82) is 5.26 Å². The Hall–Kier alpha value is -3.89. The summed E-state index contributed by atoms with van der Waals surface area (Å²) in [6.07, 6.45) is 0. The first-order chi connectivity index (χ1) is 14.1. The number of rotatable bonds is 7. The van der Waals surface area contributed by atoms with Gasteiger partial charge in [0.05, 0.1) is 23.4 Å². The minimum atomic E-state index is -0.303. The summed E-state index contributed by atoms with van der Waals surface area (Å²) in [4.78, 5) is 16.5. The number of anilines is 1. The maximum atomic E-state index is 12.4. The van der Waals surface area contributed by atoms with Crippen molar-refractivity contribution >= 4 is 11.7 Å². The van der Waals surface area contributed by atoms with Crippen LogP contribution in [0.15, 0.2) is 60.7 Å². The summed E-state index contributed by atoms with van der Waals surface area (Å²) in [6, 6.07) is 19.7. The summed E-state index contributed by atoms with van der Waals surface area (Å²) < 4.78 is 10.8. The highest BCUT2D eigenvalue weighted by Gasteiger charge is 2.11. The van der Waals surface area contributed by atoms with E-state index in [4.69, 9.17) is 20.5 Å². The minimum Gasteiger partial charge on any atom is -0.456 e. The smallest absolute Gasteiger partial charge is 0.255 e. The lowest BCUT2D eigenvalue weighted by Gasteiger charge is -2.10. The number of hydrogen-bond donors (Lipinski definition) is 2. The number of carbonyl (C=O) groups is 1. The fourth-order valence-corrected chi connectivity index (χ4v) is 2.67. The molecule has 29 heavy (non-hydrogen) atoms. The van der Waals surface area contributed by atoms with Gasteiger partial charge in [0, 0.05) is 13.7 Å². The number of hydrogen-bond acceptors (Lipinski definition) is 6. The lowest BCUT2D eigenvalue weighted by molar-refractivity contribution is 0.0951. The summed E-state index contributed by atoms with van der Waals surface area (Å²) in [6.45, 7) is 0.659. The van der Waals surface area contributed by atoms with E-state index in [-0.39, 0.29) is 11.7 Å². The highest BCUT2D eigenvalue weighted by Crippen LogP contribution is 2.25. The zero-order chi connectivity index (χ0) is 20.6. The van der Waals surface area contributed by atoms with Gasteiger partial charge in [-0.1, -0.05) is 24.3 Å². The maximum Gasteiger partial charge on any atom is 0.255 e. The molecule has 0 atom stereocenters. The van der Waals surface area contributed by atoms with Gasteiger partial charge in [0.15, 0.2) is 0 Å². The van der Waals surface area contributed by atoms with Crippen molar-refractivity contribution in [3.8, 4) is 17.6 Å². The predicted molar refractivity (Wildman–Crippen MR) is 108 cm³/mol. The van der Waals surface area contributed by atoms with Crippen LogP contribution in [-0.4, -0.2) is 18.0 Å². The number of nitriles is 1. The fraction of sp³-hybridized carbons (Fsp3) is 0.136. The van der Waals surface area contributed by atoms with E-state index >= 15 is 0 Å². The highest BCUT2D eigenvalue weighted by molar-refractivity contribution is 5.98. The van der Waals surface area contributed by atoms with E-state index in [1.54, 1.807) is 49.6 Å². The van der Waals surface area contributed by atoms with Crippen molar-refractivity contribution in [1.82, 2.24) is 10.3 Å². The zero-order valence-corrected chi connectivity index (χ0v) is 15.9. The molecular weight excluding hydrogens is 368 g/mol. The number of aromatic nitrogens is 1. The van der Waals surface area contributed by atoms with Crippen LogP contribution in [0, 0.1) is 11.3 Å². The molecule has 2 aromatic carbocycles. The quantitative estimate of drug-likeness (QED) is 0.642. The van der Waals surface area contributed by atoms with Crippen molar-refractivity contribution < 1.29 is 14.3 Å². The summed E-state index contributed by atoms with van der Waals surface area (Å²) in [5.74, 6) is 0.958. The molecule has 7 heteroatoms. The van der Waals surface area contributed by atoms with E-state index in [2.05, 4.69) is 16.4 Å². The lowest BCUT2D eigenvalue weighted by Crippen LogP contribution is -2.24. The number of nitrogens with zero attached hydrogens (tertiary/aromatic N) is 2. The third kappa shape index (κ3) is 5.09. The number of benzene rings is 2. The van der Waals surface area contributed by atoms with E-state index in [0.29, 0.717) is 41.5 Å². The van der Waals surface area contributed by atoms with Crippen LogP contribution >= 0.6 is 0 Å². The Morgan fingerprint density at radius 3 is 2.59 bits per heavy atom. The Morgan fingerprint density at radius 1 is 1.14 bits per heavy atom. The molecule has 0 saturated heterocycles. The second kappa shape index (κ2) is 9.35. The van der Waals surface area contributed by atoms with Crippen LogP contribution < -0.4 is 15.8 Å². The number of pyridine rings is 1. The number of amides is 1. The molecule has 0 radical (unpaired) electrons. The van der Waals surface area contributed by atoms with Crippen molar-refractivity contribution in [2.45, 2.75) is 13.2 Å². The van der Waals surface area contributed by atoms with E-state index in [0.717, 1.165) is 5.56 Å². The van der Waals surface area contributed by atoms with Crippen LogP contribution in [0.2, 0.25) is 0 Å². The Bertz CT molecular complexity index is 1040. The molecule has 0 unspecified atom stereocenters. The van der Waals surface area contributed by atoms with Gasteiger partial charge in [0.25, 0.3) is 5.91 Å². The standard InChI is InChI=1S/C22H20N4O3/c1-28-14-17-8-11-19(21(24)26-17)22(27)25-13-15-6-9-18(10-7-15)29-20-5-3-2-4-16(20)12-23/h2-11H,13-14H2,1H3,(H2,24,26)(H,25,27). The van der Waals surface area contributed by atoms with Gasteiger partial charge in [0.1, 0.15) is 23.4 Å². The first-order valence-electron chi connectivity index (χ1n) is 8.89. The van der Waals surface area contributed by atoms with Crippen LogP contribution in [0.3, 0.4) is 0 Å².